The Bertz CT molecular complexity index is 637. The van der Waals surface area contributed by atoms with Crippen molar-refractivity contribution in [3.63, 3.8) is 0 Å². The number of nitrogens with one attached hydrogen (secondary N) is 1. The zero-order chi connectivity index (χ0) is 15.2. The van der Waals surface area contributed by atoms with Crippen LogP contribution in [0.2, 0.25) is 0 Å². The average molecular weight is 346 g/mol. The van der Waals surface area contributed by atoms with Gasteiger partial charge in [0.15, 0.2) is 0 Å². The Hall–Kier alpha value is -1.61. The zero-order valence-corrected chi connectivity index (χ0v) is 14.0. The minimum Gasteiger partial charge on any atom is -0.352 e. The molecule has 2 nitrogen and oxygen atoms in total. The fourth-order valence-electron chi connectivity index (χ4n) is 2.31. The van der Waals surface area contributed by atoms with Gasteiger partial charge in [0.1, 0.15) is 0 Å². The molecule has 0 fully saturated rings. The molecule has 0 aliphatic carbocycles. The molecule has 0 heterocycles. The summed E-state index contributed by atoms with van der Waals surface area (Å²) in [7, 11) is 0. The van der Waals surface area contributed by atoms with E-state index in [0.717, 1.165) is 16.5 Å². The Morgan fingerprint density at radius 3 is 2.67 bits per heavy atom. The van der Waals surface area contributed by atoms with E-state index in [1.165, 1.54) is 16.7 Å². The molecule has 2 aromatic carbocycles. The van der Waals surface area contributed by atoms with Gasteiger partial charge in [0.2, 0.25) is 5.91 Å². The van der Waals surface area contributed by atoms with Gasteiger partial charge in [-0.3, -0.25) is 4.79 Å². The van der Waals surface area contributed by atoms with Crippen LogP contribution in [0, 0.1) is 13.8 Å². The summed E-state index contributed by atoms with van der Waals surface area (Å²) in [5.41, 5.74) is 4.87. The third-order valence-corrected chi connectivity index (χ3v) is 3.99. The van der Waals surface area contributed by atoms with E-state index in [2.05, 4.69) is 53.3 Å². The molecule has 0 aliphatic heterocycles. The highest BCUT2D eigenvalue weighted by Gasteiger charge is 2.05. The second kappa shape index (κ2) is 7.41. The highest BCUT2D eigenvalue weighted by atomic mass is 79.9. The summed E-state index contributed by atoms with van der Waals surface area (Å²) in [4.78, 5) is 11.9. The Morgan fingerprint density at radius 1 is 1.14 bits per heavy atom. The van der Waals surface area contributed by atoms with Gasteiger partial charge >= 0.3 is 0 Å². The summed E-state index contributed by atoms with van der Waals surface area (Å²) in [6.45, 7) is 4.76. The lowest BCUT2D eigenvalue weighted by Crippen LogP contribution is -2.23. The second-order valence-corrected chi connectivity index (χ2v) is 6.25. The van der Waals surface area contributed by atoms with Crippen LogP contribution < -0.4 is 5.32 Å². The number of aryl methyl sites for hydroxylation is 3. The van der Waals surface area contributed by atoms with Gasteiger partial charge in [-0.1, -0.05) is 51.8 Å². The largest absolute Gasteiger partial charge is 0.352 e. The summed E-state index contributed by atoms with van der Waals surface area (Å²) in [5, 5.41) is 2.97. The zero-order valence-electron chi connectivity index (χ0n) is 12.4. The van der Waals surface area contributed by atoms with Gasteiger partial charge in [-0.05, 0) is 49.1 Å². The van der Waals surface area contributed by atoms with Crippen LogP contribution in [0.5, 0.6) is 0 Å². The molecule has 0 spiro atoms. The maximum absolute atomic E-state index is 11.9. The first-order valence-electron chi connectivity index (χ1n) is 7.12. The van der Waals surface area contributed by atoms with Crippen molar-refractivity contribution < 1.29 is 4.79 Å². The number of benzene rings is 2. The van der Waals surface area contributed by atoms with E-state index in [4.69, 9.17) is 0 Å². The topological polar surface area (TPSA) is 29.1 Å². The molecule has 2 aromatic rings. The van der Waals surface area contributed by atoms with E-state index in [0.29, 0.717) is 13.0 Å². The number of hydrogen-bond donors (Lipinski definition) is 1. The van der Waals surface area contributed by atoms with Crippen LogP contribution in [-0.2, 0) is 17.8 Å². The fourth-order valence-corrected chi connectivity index (χ4v) is 2.76. The maximum atomic E-state index is 11.9. The third kappa shape index (κ3) is 5.01. The predicted octanol–water partition coefficient (Wildman–Crippen LogP) is 4.31. The Kier molecular flexibility index (Phi) is 5.57. The molecular weight excluding hydrogens is 326 g/mol. The minimum absolute atomic E-state index is 0.0925. The number of halogens is 1. The molecule has 0 saturated heterocycles. The summed E-state index contributed by atoms with van der Waals surface area (Å²) in [6, 6.07) is 14.4. The van der Waals surface area contributed by atoms with E-state index in [1.807, 2.05) is 24.3 Å². The van der Waals surface area contributed by atoms with Crippen molar-refractivity contribution in [1.29, 1.82) is 0 Å². The molecule has 21 heavy (non-hydrogen) atoms. The molecule has 0 aliphatic rings. The molecule has 0 radical (unpaired) electrons. The van der Waals surface area contributed by atoms with Gasteiger partial charge in [-0.25, -0.2) is 0 Å². The van der Waals surface area contributed by atoms with Crippen LogP contribution in [0.25, 0.3) is 0 Å². The number of rotatable bonds is 5. The van der Waals surface area contributed by atoms with Gasteiger partial charge < -0.3 is 5.32 Å². The summed E-state index contributed by atoms with van der Waals surface area (Å²) >= 11 is 3.43. The van der Waals surface area contributed by atoms with Crippen molar-refractivity contribution in [3.05, 3.63) is 69.2 Å². The molecule has 0 unspecified atom stereocenters. The van der Waals surface area contributed by atoms with E-state index in [-0.39, 0.29) is 5.91 Å². The van der Waals surface area contributed by atoms with Gasteiger partial charge in [-0.15, -0.1) is 0 Å². The first-order chi connectivity index (χ1) is 10.0. The molecular formula is C18H20BrNO. The standard InChI is InChI=1S/C18H20BrNO/c1-13-6-7-16(14(2)10-13)8-9-18(21)20-12-15-4-3-5-17(19)11-15/h3-7,10-11H,8-9,12H2,1-2H3,(H,20,21). The van der Waals surface area contributed by atoms with E-state index in [1.54, 1.807) is 0 Å². The average Bonchev–Trinajstić information content (AvgIpc) is 2.44. The molecule has 110 valence electrons. The molecule has 1 N–H and O–H groups in total. The molecule has 1 amide bonds. The molecule has 0 bridgehead atoms. The van der Waals surface area contributed by atoms with Crippen molar-refractivity contribution in [2.24, 2.45) is 0 Å². The molecule has 0 aromatic heterocycles. The van der Waals surface area contributed by atoms with Crippen molar-refractivity contribution in [1.82, 2.24) is 5.32 Å². The monoisotopic (exact) mass is 345 g/mol. The number of carbonyl (C=O) groups excluding carboxylic acids is 1. The van der Waals surface area contributed by atoms with Crippen LogP contribution in [-0.4, -0.2) is 5.91 Å². The molecule has 3 heteroatoms. The predicted molar refractivity (Wildman–Crippen MR) is 90.2 cm³/mol. The van der Waals surface area contributed by atoms with Gasteiger partial charge in [0, 0.05) is 17.4 Å². The van der Waals surface area contributed by atoms with Gasteiger partial charge in [0.05, 0.1) is 0 Å². The number of hydrogen-bond acceptors (Lipinski definition) is 1. The van der Waals surface area contributed by atoms with Crippen LogP contribution in [0.1, 0.15) is 28.7 Å². The fraction of sp³-hybridized carbons (Fsp3) is 0.278. The van der Waals surface area contributed by atoms with Crippen LogP contribution in [0.15, 0.2) is 46.9 Å². The quantitative estimate of drug-likeness (QED) is 0.859. The highest BCUT2D eigenvalue weighted by molar-refractivity contribution is 9.10. The van der Waals surface area contributed by atoms with Crippen molar-refractivity contribution in [3.8, 4) is 0 Å². The summed E-state index contributed by atoms with van der Waals surface area (Å²) in [5.74, 6) is 0.0925. The SMILES string of the molecule is Cc1ccc(CCC(=O)NCc2cccc(Br)c2)c(C)c1. The van der Waals surface area contributed by atoms with Gasteiger partial charge in [0.25, 0.3) is 0 Å². The van der Waals surface area contributed by atoms with Crippen LogP contribution >= 0.6 is 15.9 Å². The second-order valence-electron chi connectivity index (χ2n) is 5.34. The minimum atomic E-state index is 0.0925. The number of amides is 1. The Labute approximate surface area is 134 Å². The van der Waals surface area contributed by atoms with Crippen molar-refractivity contribution >= 4 is 21.8 Å². The maximum Gasteiger partial charge on any atom is 0.220 e. The molecule has 0 saturated carbocycles. The van der Waals surface area contributed by atoms with E-state index < -0.39 is 0 Å². The first-order valence-corrected chi connectivity index (χ1v) is 7.91. The van der Waals surface area contributed by atoms with Crippen LogP contribution in [0.3, 0.4) is 0 Å². The van der Waals surface area contributed by atoms with Crippen molar-refractivity contribution in [2.75, 3.05) is 0 Å². The Balaban J connectivity index is 1.82. The molecule has 2 rings (SSSR count). The lowest BCUT2D eigenvalue weighted by atomic mass is 10.0. The van der Waals surface area contributed by atoms with Crippen LogP contribution in [0.4, 0.5) is 0 Å². The van der Waals surface area contributed by atoms with Crippen molar-refractivity contribution in [2.45, 2.75) is 33.2 Å². The number of carbonyl (C=O) groups is 1. The molecule has 0 atom stereocenters. The summed E-state index contributed by atoms with van der Waals surface area (Å²) < 4.78 is 1.03. The highest BCUT2D eigenvalue weighted by Crippen LogP contribution is 2.13. The lowest BCUT2D eigenvalue weighted by Gasteiger charge is -2.08. The lowest BCUT2D eigenvalue weighted by molar-refractivity contribution is -0.121. The van der Waals surface area contributed by atoms with E-state index >= 15 is 0 Å². The summed E-state index contributed by atoms with van der Waals surface area (Å²) in [6.07, 6.45) is 1.31. The smallest absolute Gasteiger partial charge is 0.220 e. The normalized spacial score (nSPS) is 10.4. The Morgan fingerprint density at radius 2 is 1.95 bits per heavy atom. The first kappa shape index (κ1) is 15.8. The van der Waals surface area contributed by atoms with E-state index in [9.17, 15) is 4.79 Å². The third-order valence-electron chi connectivity index (χ3n) is 3.50. The van der Waals surface area contributed by atoms with Gasteiger partial charge in [-0.2, -0.15) is 0 Å².